The van der Waals surface area contributed by atoms with Gasteiger partial charge < -0.3 is 24.8 Å². The molecule has 1 saturated carbocycles. The SMILES string of the molecule is CCCCC1=Cc2c(-c3cccc4ccccc34)cccc2[CH]1[Ti+2]1([CH]2C(CCCC)=Cc3c(-c4cccc5ccccc45)cccc32)[CH]2CCCC[CH]21.[Cl-].[Cl-]. The van der Waals surface area contributed by atoms with E-state index in [0.29, 0.717) is 8.45 Å². The summed E-state index contributed by atoms with van der Waals surface area (Å²) in [5.41, 5.74) is 15.8. The Balaban J connectivity index is 0.00000214. The molecule has 0 spiro atoms. The van der Waals surface area contributed by atoms with Crippen molar-refractivity contribution in [2.45, 2.75) is 94.9 Å². The van der Waals surface area contributed by atoms with Gasteiger partial charge in [0.1, 0.15) is 0 Å². The first-order valence-electron chi connectivity index (χ1n) is 20.9. The molecule has 4 unspecified atom stereocenters. The average Bonchev–Trinajstić information content (AvgIpc) is 3.47. The van der Waals surface area contributed by atoms with Crippen molar-refractivity contribution in [2.75, 3.05) is 0 Å². The van der Waals surface area contributed by atoms with Gasteiger partial charge in [0.05, 0.1) is 0 Å². The number of hydrogen-bond acceptors (Lipinski definition) is 0. The van der Waals surface area contributed by atoms with Crippen molar-refractivity contribution < 1.29 is 41.4 Å². The Hall–Kier alpha value is -3.39. The Morgan fingerprint density at radius 1 is 0.473 bits per heavy atom. The predicted molar refractivity (Wildman–Crippen MR) is 225 cm³/mol. The Morgan fingerprint density at radius 3 is 1.33 bits per heavy atom. The van der Waals surface area contributed by atoms with Gasteiger partial charge in [-0.2, -0.15) is 0 Å². The van der Waals surface area contributed by atoms with E-state index in [2.05, 4.69) is 147 Å². The monoisotopic (exact) mass is 794 g/mol. The third kappa shape index (κ3) is 6.14. The van der Waals surface area contributed by atoms with Crippen LogP contribution in [0.15, 0.2) is 132 Å². The van der Waals surface area contributed by atoms with Crippen LogP contribution in [-0.4, -0.2) is 0 Å². The zero-order valence-corrected chi connectivity index (χ0v) is 35.4. The minimum absolute atomic E-state index is 0. The number of fused-ring (bicyclic) bond motifs is 5. The minimum Gasteiger partial charge on any atom is -1.00 e. The van der Waals surface area contributed by atoms with Gasteiger partial charge in [0, 0.05) is 0 Å². The molecule has 1 aliphatic heterocycles. The van der Waals surface area contributed by atoms with Gasteiger partial charge in [0.25, 0.3) is 0 Å². The molecule has 1 heterocycles. The molecule has 0 aromatic heterocycles. The van der Waals surface area contributed by atoms with E-state index >= 15 is 0 Å². The molecule has 0 amide bonds. The van der Waals surface area contributed by atoms with Crippen LogP contribution < -0.4 is 24.8 Å². The summed E-state index contributed by atoms with van der Waals surface area (Å²) in [4.78, 5) is 0. The molecule has 3 aliphatic carbocycles. The van der Waals surface area contributed by atoms with Crippen molar-refractivity contribution in [1.82, 2.24) is 0 Å². The summed E-state index contributed by atoms with van der Waals surface area (Å²) in [6.45, 7) is 4.78. The third-order valence-electron chi connectivity index (χ3n) is 14.0. The molecule has 4 aliphatic rings. The largest absolute Gasteiger partial charge is 1.00 e. The van der Waals surface area contributed by atoms with Crippen LogP contribution in [0.5, 0.6) is 0 Å². The van der Waals surface area contributed by atoms with Crippen LogP contribution in [0.25, 0.3) is 56.0 Å². The first kappa shape index (κ1) is 38.5. The Kier molecular flexibility index (Phi) is 11.1. The number of hydrogen-bond donors (Lipinski definition) is 0. The van der Waals surface area contributed by atoms with Gasteiger partial charge in [0.2, 0.25) is 0 Å². The molecule has 3 heteroatoms. The van der Waals surface area contributed by atoms with Crippen molar-refractivity contribution in [3.63, 3.8) is 0 Å². The van der Waals surface area contributed by atoms with Gasteiger partial charge in [-0.05, 0) is 0 Å². The van der Waals surface area contributed by atoms with Crippen molar-refractivity contribution in [1.29, 1.82) is 0 Å². The number of allylic oxidation sites excluding steroid dienone is 2. The van der Waals surface area contributed by atoms with Crippen LogP contribution in [-0.2, 0) is 16.6 Å². The summed E-state index contributed by atoms with van der Waals surface area (Å²) in [6, 6.07) is 46.8. The van der Waals surface area contributed by atoms with E-state index < -0.39 is 16.6 Å². The summed E-state index contributed by atoms with van der Waals surface area (Å²) in [5, 5.41) is 5.43. The number of rotatable bonds is 10. The zero-order valence-electron chi connectivity index (χ0n) is 32.3. The van der Waals surface area contributed by atoms with E-state index in [1.54, 1.807) is 33.4 Å². The van der Waals surface area contributed by atoms with Gasteiger partial charge in [-0.15, -0.1) is 0 Å². The van der Waals surface area contributed by atoms with Crippen LogP contribution in [0.1, 0.15) is 109 Å². The molecule has 10 rings (SSSR count). The van der Waals surface area contributed by atoms with Crippen LogP contribution >= 0.6 is 0 Å². The molecule has 0 radical (unpaired) electrons. The first-order chi connectivity index (χ1) is 26.2. The first-order valence-corrected chi connectivity index (χ1v) is 24.5. The fourth-order valence-electron chi connectivity index (χ4n) is 11.9. The quantitative estimate of drug-likeness (QED) is 0.121. The topological polar surface area (TPSA) is 0 Å². The molecule has 55 heavy (non-hydrogen) atoms. The maximum Gasteiger partial charge on any atom is -1.00 e. The fraction of sp³-hybridized carbons (Fsp3) is 0.308. The van der Waals surface area contributed by atoms with Crippen LogP contribution in [0.3, 0.4) is 0 Å². The summed E-state index contributed by atoms with van der Waals surface area (Å²) >= 11 is -2.78. The smallest absolute Gasteiger partial charge is 1.00 e. The molecular weight excluding hydrogens is 743 g/mol. The molecule has 6 aromatic carbocycles. The van der Waals surface area contributed by atoms with E-state index in [0.717, 1.165) is 8.45 Å². The fourth-order valence-corrected chi connectivity index (χ4v) is 26.1. The molecule has 0 bridgehead atoms. The summed E-state index contributed by atoms with van der Waals surface area (Å²) in [6.07, 6.45) is 18.9. The minimum atomic E-state index is -2.78. The van der Waals surface area contributed by atoms with Crippen molar-refractivity contribution in [3.05, 3.63) is 155 Å². The standard InChI is InChI=1S/2C23H21.C6H10.2ClH.Ti/c2*1-2-3-8-17-15-19-11-7-14-22(23(19)16-17)21-13-6-10-18-9-4-5-12-20(18)21;1-2-4-6-5-3-1;;;/h2*4-7,9-16H,2-3,8H2,1H3;1-2H,3-6H2;2*1H;/q;;;;;+2/p-2. The molecule has 278 valence electrons. The molecular formula is C52H52Cl2Ti. The molecule has 2 fully saturated rings. The van der Waals surface area contributed by atoms with Crippen molar-refractivity contribution in [2.24, 2.45) is 0 Å². The van der Waals surface area contributed by atoms with Gasteiger partial charge in [0.15, 0.2) is 0 Å². The van der Waals surface area contributed by atoms with Crippen LogP contribution in [0.2, 0.25) is 8.45 Å². The van der Waals surface area contributed by atoms with Gasteiger partial charge in [-0.3, -0.25) is 0 Å². The van der Waals surface area contributed by atoms with E-state index in [1.165, 1.54) is 108 Å². The summed E-state index contributed by atoms with van der Waals surface area (Å²) < 4.78 is 3.24. The molecule has 0 nitrogen and oxygen atoms in total. The number of benzene rings is 6. The summed E-state index contributed by atoms with van der Waals surface area (Å²) in [7, 11) is 0. The molecule has 1 saturated heterocycles. The number of unbranched alkanes of at least 4 members (excludes halogenated alkanes) is 2. The van der Waals surface area contributed by atoms with E-state index in [-0.39, 0.29) is 24.8 Å². The third-order valence-corrected chi connectivity index (χ3v) is 24.9. The van der Waals surface area contributed by atoms with E-state index in [1.807, 2.05) is 0 Å². The second-order valence-corrected chi connectivity index (χ2v) is 23.9. The van der Waals surface area contributed by atoms with Crippen LogP contribution in [0.4, 0.5) is 0 Å². The zero-order chi connectivity index (χ0) is 35.5. The Labute approximate surface area is 344 Å². The van der Waals surface area contributed by atoms with Gasteiger partial charge >= 0.3 is 322 Å². The Bertz CT molecular complexity index is 2260. The van der Waals surface area contributed by atoms with Crippen LogP contribution in [0, 0.1) is 0 Å². The molecule has 4 atom stereocenters. The van der Waals surface area contributed by atoms with Gasteiger partial charge in [-0.1, -0.05) is 0 Å². The molecule has 0 N–H and O–H groups in total. The Morgan fingerprint density at radius 2 is 0.873 bits per heavy atom. The second-order valence-electron chi connectivity index (χ2n) is 16.7. The summed E-state index contributed by atoms with van der Waals surface area (Å²) in [5.74, 6) is 0. The predicted octanol–water partition coefficient (Wildman–Crippen LogP) is 9.61. The van der Waals surface area contributed by atoms with Crippen molar-refractivity contribution >= 4 is 33.7 Å². The van der Waals surface area contributed by atoms with Gasteiger partial charge in [-0.25, -0.2) is 0 Å². The number of halogens is 2. The molecule has 6 aromatic rings. The van der Waals surface area contributed by atoms with E-state index in [4.69, 9.17) is 0 Å². The van der Waals surface area contributed by atoms with E-state index in [9.17, 15) is 0 Å². The second kappa shape index (κ2) is 15.9. The maximum absolute atomic E-state index is 2.78. The normalized spacial score (nSPS) is 22.1. The van der Waals surface area contributed by atoms with Crippen molar-refractivity contribution in [3.8, 4) is 22.3 Å². The average molecular weight is 796 g/mol. The maximum atomic E-state index is 2.75.